The lowest BCUT2D eigenvalue weighted by molar-refractivity contribution is 0.147. The van der Waals surface area contributed by atoms with Crippen molar-refractivity contribution in [2.24, 2.45) is 0 Å². The molecule has 8 heteroatoms. The van der Waals surface area contributed by atoms with Crippen LogP contribution in [0, 0.1) is 0 Å². The van der Waals surface area contributed by atoms with E-state index in [1.165, 1.54) is 0 Å². The molecule has 1 aromatic carbocycles. The van der Waals surface area contributed by atoms with Crippen LogP contribution in [0.3, 0.4) is 0 Å². The molecule has 1 heterocycles. The third-order valence-electron chi connectivity index (χ3n) is 3.60. The Morgan fingerprint density at radius 3 is 2.23 bits per heavy atom. The zero-order valence-corrected chi connectivity index (χ0v) is 15.8. The highest BCUT2D eigenvalue weighted by molar-refractivity contribution is 9.10. The van der Waals surface area contributed by atoms with Crippen molar-refractivity contribution in [3.05, 3.63) is 22.2 Å². The van der Waals surface area contributed by atoms with Crippen molar-refractivity contribution >= 4 is 40.7 Å². The maximum atomic E-state index is 13.6. The van der Waals surface area contributed by atoms with Gasteiger partial charge in [-0.15, -0.1) is 24.8 Å². The molecule has 0 spiro atoms. The molecule has 0 radical (unpaired) electrons. The summed E-state index contributed by atoms with van der Waals surface area (Å²) in [4.78, 5) is 2.16. The van der Waals surface area contributed by atoms with Gasteiger partial charge in [-0.1, -0.05) is 15.9 Å². The zero-order chi connectivity index (χ0) is 14.5. The lowest BCUT2D eigenvalue weighted by Crippen LogP contribution is -2.45. The number of hydrogen-bond acceptors (Lipinski definition) is 4. The van der Waals surface area contributed by atoms with Gasteiger partial charge in [0.05, 0.1) is 20.3 Å². The van der Waals surface area contributed by atoms with Crippen LogP contribution < -0.4 is 14.8 Å². The largest absolute Gasteiger partial charge is 0.493 e. The SMILES string of the molecule is COc1cc(Br)c([C@@H](CF)N2CCNCC2)cc1OC.Cl.Cl. The lowest BCUT2D eigenvalue weighted by Gasteiger charge is -2.34. The number of rotatable bonds is 5. The van der Waals surface area contributed by atoms with E-state index < -0.39 is 6.67 Å². The molecule has 1 N–H and O–H groups in total. The van der Waals surface area contributed by atoms with Crippen molar-refractivity contribution in [1.82, 2.24) is 10.2 Å². The van der Waals surface area contributed by atoms with E-state index >= 15 is 0 Å². The van der Waals surface area contributed by atoms with Gasteiger partial charge in [-0.3, -0.25) is 4.90 Å². The topological polar surface area (TPSA) is 33.7 Å². The molecule has 22 heavy (non-hydrogen) atoms. The van der Waals surface area contributed by atoms with Gasteiger partial charge in [-0.05, 0) is 17.7 Å². The van der Waals surface area contributed by atoms with Gasteiger partial charge < -0.3 is 14.8 Å². The fourth-order valence-electron chi connectivity index (χ4n) is 2.50. The summed E-state index contributed by atoms with van der Waals surface area (Å²) in [6.45, 7) is 3.04. The van der Waals surface area contributed by atoms with Gasteiger partial charge in [-0.2, -0.15) is 0 Å². The summed E-state index contributed by atoms with van der Waals surface area (Å²) in [6.07, 6.45) is 0. The third-order valence-corrected chi connectivity index (χ3v) is 4.29. The summed E-state index contributed by atoms with van der Waals surface area (Å²) < 4.78 is 25.0. The van der Waals surface area contributed by atoms with Gasteiger partial charge >= 0.3 is 0 Å². The normalized spacial score (nSPS) is 16.2. The van der Waals surface area contributed by atoms with Gasteiger partial charge in [0.1, 0.15) is 6.67 Å². The molecular formula is C14H22BrCl2FN2O2. The summed E-state index contributed by atoms with van der Waals surface area (Å²) in [5, 5.41) is 3.28. The summed E-state index contributed by atoms with van der Waals surface area (Å²) in [7, 11) is 3.18. The number of alkyl halides is 1. The predicted octanol–water partition coefficient (Wildman–Crippen LogP) is 3.23. The van der Waals surface area contributed by atoms with E-state index in [4.69, 9.17) is 9.47 Å². The average molecular weight is 420 g/mol. The number of ether oxygens (including phenoxy) is 2. The Kier molecular flexibility index (Phi) is 10.4. The third kappa shape index (κ3) is 4.86. The molecule has 1 aliphatic rings. The molecule has 1 aromatic rings. The van der Waals surface area contributed by atoms with Gasteiger partial charge in [0.25, 0.3) is 0 Å². The van der Waals surface area contributed by atoms with Crippen molar-refractivity contribution in [3.8, 4) is 11.5 Å². The second kappa shape index (κ2) is 10.5. The molecule has 2 rings (SSSR count). The minimum absolute atomic E-state index is 0. The number of nitrogens with one attached hydrogen (secondary N) is 1. The van der Waals surface area contributed by atoms with Crippen molar-refractivity contribution in [2.75, 3.05) is 47.1 Å². The number of benzene rings is 1. The molecule has 128 valence electrons. The molecule has 0 aromatic heterocycles. The Hall–Kier alpha value is -0.270. The van der Waals surface area contributed by atoms with Gasteiger partial charge in [0.2, 0.25) is 0 Å². The molecule has 1 atom stereocenters. The van der Waals surface area contributed by atoms with Crippen molar-refractivity contribution < 1.29 is 13.9 Å². The number of hydrogen-bond donors (Lipinski definition) is 1. The quantitative estimate of drug-likeness (QED) is 0.794. The summed E-state index contributed by atoms with van der Waals surface area (Å²) in [5.74, 6) is 1.26. The first-order valence-electron chi connectivity index (χ1n) is 6.63. The van der Waals surface area contributed by atoms with E-state index in [0.29, 0.717) is 11.5 Å². The predicted molar refractivity (Wildman–Crippen MR) is 94.9 cm³/mol. The highest BCUT2D eigenvalue weighted by Gasteiger charge is 2.25. The standard InChI is InChI=1S/C14H20BrFN2O2.2ClH/c1-19-13-7-10(11(15)8-14(13)20-2)12(9-16)18-5-3-17-4-6-18;;/h7-8,12,17H,3-6,9H2,1-2H3;2*1H/t12-;;/m1../s1. The van der Waals surface area contributed by atoms with E-state index in [0.717, 1.165) is 36.2 Å². The van der Waals surface area contributed by atoms with Crippen molar-refractivity contribution in [1.29, 1.82) is 0 Å². The first-order valence-corrected chi connectivity index (χ1v) is 7.42. The molecule has 1 aliphatic heterocycles. The van der Waals surface area contributed by atoms with E-state index in [9.17, 15) is 4.39 Å². The summed E-state index contributed by atoms with van der Waals surface area (Å²) in [5.41, 5.74) is 0.895. The molecule has 0 aliphatic carbocycles. The Morgan fingerprint density at radius 2 is 1.73 bits per heavy atom. The molecule has 1 fully saturated rings. The fourth-order valence-corrected chi connectivity index (χ4v) is 3.08. The van der Waals surface area contributed by atoms with Crippen LogP contribution in [-0.2, 0) is 0 Å². The van der Waals surface area contributed by atoms with Crippen LogP contribution in [0.25, 0.3) is 0 Å². The van der Waals surface area contributed by atoms with Crippen molar-refractivity contribution in [3.63, 3.8) is 0 Å². The monoisotopic (exact) mass is 418 g/mol. The van der Waals surface area contributed by atoms with Crippen LogP contribution >= 0.6 is 40.7 Å². The van der Waals surface area contributed by atoms with Crippen LogP contribution in [0.4, 0.5) is 4.39 Å². The van der Waals surface area contributed by atoms with Gasteiger partial charge in [0, 0.05) is 30.7 Å². The van der Waals surface area contributed by atoms with E-state index in [2.05, 4.69) is 26.1 Å². The second-order valence-corrected chi connectivity index (χ2v) is 5.54. The van der Waals surface area contributed by atoms with Crippen LogP contribution in [0.2, 0.25) is 0 Å². The molecule has 0 unspecified atom stereocenters. The number of halogens is 4. The molecule has 0 amide bonds. The molecule has 1 saturated heterocycles. The fraction of sp³-hybridized carbons (Fsp3) is 0.571. The number of piperazine rings is 1. The average Bonchev–Trinajstić information content (AvgIpc) is 2.50. The number of methoxy groups -OCH3 is 2. The molecular weight excluding hydrogens is 398 g/mol. The first kappa shape index (κ1) is 21.7. The molecule has 0 saturated carbocycles. The highest BCUT2D eigenvalue weighted by Crippen LogP contribution is 2.38. The molecule has 0 bridgehead atoms. The Morgan fingerprint density at radius 1 is 1.18 bits per heavy atom. The van der Waals surface area contributed by atoms with Gasteiger partial charge in [-0.25, -0.2) is 4.39 Å². The first-order chi connectivity index (χ1) is 9.71. The number of nitrogens with zero attached hydrogens (tertiary/aromatic N) is 1. The maximum absolute atomic E-state index is 13.6. The van der Waals surface area contributed by atoms with Crippen molar-refractivity contribution in [2.45, 2.75) is 6.04 Å². The van der Waals surface area contributed by atoms with E-state index in [1.54, 1.807) is 14.2 Å². The molecule has 4 nitrogen and oxygen atoms in total. The van der Waals surface area contributed by atoms with Crippen LogP contribution in [0.5, 0.6) is 11.5 Å². The smallest absolute Gasteiger partial charge is 0.161 e. The zero-order valence-electron chi connectivity index (χ0n) is 12.6. The van der Waals surface area contributed by atoms with E-state index in [1.807, 2.05) is 12.1 Å². The summed E-state index contributed by atoms with van der Waals surface area (Å²) in [6, 6.07) is 3.43. The minimum atomic E-state index is -0.423. The summed E-state index contributed by atoms with van der Waals surface area (Å²) >= 11 is 3.51. The Bertz CT molecular complexity index is 463. The Balaban J connectivity index is 0.00000220. The highest BCUT2D eigenvalue weighted by atomic mass is 79.9. The second-order valence-electron chi connectivity index (χ2n) is 4.68. The minimum Gasteiger partial charge on any atom is -0.493 e. The van der Waals surface area contributed by atoms with Crippen LogP contribution in [-0.4, -0.2) is 52.0 Å². The van der Waals surface area contributed by atoms with Gasteiger partial charge in [0.15, 0.2) is 11.5 Å². The van der Waals surface area contributed by atoms with Crippen LogP contribution in [0.15, 0.2) is 16.6 Å². The maximum Gasteiger partial charge on any atom is 0.161 e. The lowest BCUT2D eigenvalue weighted by atomic mass is 10.0. The van der Waals surface area contributed by atoms with Crippen LogP contribution in [0.1, 0.15) is 11.6 Å². The Labute approximate surface area is 151 Å². The van der Waals surface area contributed by atoms with E-state index in [-0.39, 0.29) is 30.9 Å².